The minimum atomic E-state index is 0.455. The fraction of sp³-hybridized carbons (Fsp3) is 1.00. The number of nitrogens with one attached hydrogen (secondary N) is 1. The van der Waals surface area contributed by atoms with Gasteiger partial charge in [0.25, 0.3) is 0 Å². The SMILES string of the molecule is CCC1CCC(C)N1CC(CC)(CC)CNC(C)C. The average Bonchev–Trinajstić information content (AvgIpc) is 2.75. The van der Waals surface area contributed by atoms with Crippen LogP contribution in [0, 0.1) is 5.41 Å². The number of hydrogen-bond acceptors (Lipinski definition) is 2. The van der Waals surface area contributed by atoms with Crippen LogP contribution in [-0.2, 0) is 0 Å². The van der Waals surface area contributed by atoms with Gasteiger partial charge in [-0.05, 0) is 44.4 Å². The monoisotopic (exact) mass is 268 g/mol. The first-order valence-electron chi connectivity index (χ1n) is 8.47. The maximum Gasteiger partial charge on any atom is 0.00962 e. The molecule has 1 saturated heterocycles. The van der Waals surface area contributed by atoms with E-state index in [-0.39, 0.29) is 0 Å². The lowest BCUT2D eigenvalue weighted by atomic mass is 9.81. The van der Waals surface area contributed by atoms with Gasteiger partial charge in [0.2, 0.25) is 0 Å². The lowest BCUT2D eigenvalue weighted by molar-refractivity contribution is 0.0954. The highest BCUT2D eigenvalue weighted by Gasteiger charge is 2.36. The molecule has 1 rings (SSSR count). The van der Waals surface area contributed by atoms with Gasteiger partial charge < -0.3 is 5.32 Å². The molecule has 1 heterocycles. The van der Waals surface area contributed by atoms with Gasteiger partial charge in [-0.1, -0.05) is 34.6 Å². The highest BCUT2D eigenvalue weighted by atomic mass is 15.2. The van der Waals surface area contributed by atoms with E-state index in [0.717, 1.165) is 18.6 Å². The summed E-state index contributed by atoms with van der Waals surface area (Å²) in [6.07, 6.45) is 6.66. The number of rotatable bonds is 8. The fourth-order valence-corrected chi connectivity index (χ4v) is 3.44. The van der Waals surface area contributed by atoms with Crippen molar-refractivity contribution in [1.82, 2.24) is 10.2 Å². The largest absolute Gasteiger partial charge is 0.314 e. The van der Waals surface area contributed by atoms with Crippen LogP contribution in [0.3, 0.4) is 0 Å². The van der Waals surface area contributed by atoms with Gasteiger partial charge in [-0.15, -0.1) is 0 Å². The van der Waals surface area contributed by atoms with Crippen molar-refractivity contribution in [2.24, 2.45) is 5.41 Å². The molecule has 0 spiro atoms. The highest BCUT2D eigenvalue weighted by Crippen LogP contribution is 2.34. The standard InChI is InChI=1S/C17H36N2/c1-7-16-11-10-15(6)19(16)13-17(8-2,9-3)12-18-14(4)5/h14-16,18H,7-13H2,1-6H3. The molecule has 2 atom stereocenters. The van der Waals surface area contributed by atoms with Crippen molar-refractivity contribution in [3.8, 4) is 0 Å². The summed E-state index contributed by atoms with van der Waals surface area (Å²) >= 11 is 0. The first-order valence-corrected chi connectivity index (χ1v) is 8.47. The van der Waals surface area contributed by atoms with Crippen molar-refractivity contribution in [1.29, 1.82) is 0 Å². The van der Waals surface area contributed by atoms with Gasteiger partial charge in [-0.2, -0.15) is 0 Å². The molecule has 0 aliphatic carbocycles. The Morgan fingerprint density at radius 1 is 1.16 bits per heavy atom. The summed E-state index contributed by atoms with van der Waals surface area (Å²) in [5, 5.41) is 3.68. The molecular weight excluding hydrogens is 232 g/mol. The van der Waals surface area contributed by atoms with Crippen molar-refractivity contribution in [2.45, 2.75) is 91.8 Å². The minimum Gasteiger partial charge on any atom is -0.314 e. The van der Waals surface area contributed by atoms with E-state index in [1.807, 2.05) is 0 Å². The van der Waals surface area contributed by atoms with E-state index in [0.29, 0.717) is 11.5 Å². The van der Waals surface area contributed by atoms with E-state index in [1.54, 1.807) is 0 Å². The summed E-state index contributed by atoms with van der Waals surface area (Å²) in [6, 6.07) is 2.20. The van der Waals surface area contributed by atoms with E-state index in [4.69, 9.17) is 0 Å². The van der Waals surface area contributed by atoms with Crippen LogP contribution >= 0.6 is 0 Å². The highest BCUT2D eigenvalue weighted by molar-refractivity contribution is 4.91. The third-order valence-corrected chi connectivity index (χ3v) is 5.33. The van der Waals surface area contributed by atoms with Crippen molar-refractivity contribution >= 4 is 0 Å². The number of nitrogens with zero attached hydrogens (tertiary/aromatic N) is 1. The quantitative estimate of drug-likeness (QED) is 0.714. The van der Waals surface area contributed by atoms with Gasteiger partial charge in [-0.3, -0.25) is 4.90 Å². The lowest BCUT2D eigenvalue weighted by Crippen LogP contribution is -2.48. The predicted octanol–water partition coefficient (Wildman–Crippen LogP) is 4.05. The average molecular weight is 268 g/mol. The maximum absolute atomic E-state index is 3.68. The van der Waals surface area contributed by atoms with E-state index in [9.17, 15) is 0 Å². The van der Waals surface area contributed by atoms with Gasteiger partial charge in [0.1, 0.15) is 0 Å². The molecular formula is C17H36N2. The smallest absolute Gasteiger partial charge is 0.00962 e. The van der Waals surface area contributed by atoms with Crippen molar-refractivity contribution in [3.63, 3.8) is 0 Å². The molecule has 2 heteroatoms. The van der Waals surface area contributed by atoms with Crippen LogP contribution in [0.15, 0.2) is 0 Å². The normalized spacial score (nSPS) is 25.4. The molecule has 19 heavy (non-hydrogen) atoms. The molecule has 0 aromatic carbocycles. The Labute approximate surface area is 121 Å². The van der Waals surface area contributed by atoms with Crippen molar-refractivity contribution in [2.75, 3.05) is 13.1 Å². The van der Waals surface area contributed by atoms with Gasteiger partial charge >= 0.3 is 0 Å². The van der Waals surface area contributed by atoms with Crippen molar-refractivity contribution < 1.29 is 0 Å². The van der Waals surface area contributed by atoms with E-state index in [2.05, 4.69) is 51.8 Å². The zero-order valence-corrected chi connectivity index (χ0v) is 14.1. The zero-order chi connectivity index (χ0) is 14.5. The summed E-state index contributed by atoms with van der Waals surface area (Å²) in [5.41, 5.74) is 0.455. The molecule has 0 radical (unpaired) electrons. The second-order valence-electron chi connectivity index (χ2n) is 6.90. The third kappa shape index (κ3) is 4.46. The molecule has 1 aliphatic heterocycles. The lowest BCUT2D eigenvalue weighted by Gasteiger charge is -2.40. The molecule has 114 valence electrons. The second-order valence-corrected chi connectivity index (χ2v) is 6.90. The first-order chi connectivity index (χ1) is 8.98. The van der Waals surface area contributed by atoms with Gasteiger partial charge in [0, 0.05) is 31.2 Å². The van der Waals surface area contributed by atoms with Crippen LogP contribution in [0.4, 0.5) is 0 Å². The molecule has 0 bridgehead atoms. The van der Waals surface area contributed by atoms with Crippen LogP contribution in [0.5, 0.6) is 0 Å². The molecule has 2 unspecified atom stereocenters. The predicted molar refractivity (Wildman–Crippen MR) is 85.6 cm³/mol. The van der Waals surface area contributed by atoms with Crippen LogP contribution in [0.2, 0.25) is 0 Å². The number of likely N-dealkylation sites (tertiary alicyclic amines) is 1. The molecule has 2 nitrogen and oxygen atoms in total. The summed E-state index contributed by atoms with van der Waals surface area (Å²) in [7, 11) is 0. The minimum absolute atomic E-state index is 0.455. The molecule has 1 fully saturated rings. The van der Waals surface area contributed by atoms with Crippen LogP contribution in [-0.4, -0.2) is 36.1 Å². The summed E-state index contributed by atoms with van der Waals surface area (Å²) in [5.74, 6) is 0. The Balaban J connectivity index is 2.70. The van der Waals surface area contributed by atoms with Crippen LogP contribution in [0.1, 0.15) is 73.6 Å². The Bertz CT molecular complexity index is 246. The molecule has 0 saturated carbocycles. The van der Waals surface area contributed by atoms with E-state index in [1.165, 1.54) is 38.6 Å². The van der Waals surface area contributed by atoms with Crippen LogP contribution < -0.4 is 5.32 Å². The van der Waals surface area contributed by atoms with Gasteiger partial charge in [0.15, 0.2) is 0 Å². The summed E-state index contributed by atoms with van der Waals surface area (Å²) in [4.78, 5) is 2.80. The summed E-state index contributed by atoms with van der Waals surface area (Å²) in [6.45, 7) is 16.5. The molecule has 0 aromatic rings. The zero-order valence-electron chi connectivity index (χ0n) is 14.1. The van der Waals surface area contributed by atoms with E-state index < -0.39 is 0 Å². The molecule has 0 amide bonds. The topological polar surface area (TPSA) is 15.3 Å². The Hall–Kier alpha value is -0.0800. The van der Waals surface area contributed by atoms with Crippen LogP contribution in [0.25, 0.3) is 0 Å². The Kier molecular flexibility index (Phi) is 6.82. The maximum atomic E-state index is 3.68. The van der Waals surface area contributed by atoms with Gasteiger partial charge in [0.05, 0.1) is 0 Å². The second kappa shape index (κ2) is 7.64. The summed E-state index contributed by atoms with van der Waals surface area (Å²) < 4.78 is 0. The Morgan fingerprint density at radius 3 is 2.26 bits per heavy atom. The molecule has 1 N–H and O–H groups in total. The molecule has 0 aromatic heterocycles. The van der Waals surface area contributed by atoms with Gasteiger partial charge in [-0.25, -0.2) is 0 Å². The Morgan fingerprint density at radius 2 is 1.79 bits per heavy atom. The third-order valence-electron chi connectivity index (χ3n) is 5.33. The van der Waals surface area contributed by atoms with E-state index >= 15 is 0 Å². The molecule has 1 aliphatic rings. The first kappa shape index (κ1) is 17.0. The fourth-order valence-electron chi connectivity index (χ4n) is 3.44. The van der Waals surface area contributed by atoms with Crippen molar-refractivity contribution in [3.05, 3.63) is 0 Å². The number of hydrogen-bond donors (Lipinski definition) is 1.